The Morgan fingerprint density at radius 1 is 1.35 bits per heavy atom. The molecule has 3 heteroatoms. The van der Waals surface area contributed by atoms with E-state index in [1.54, 1.807) is 0 Å². The van der Waals surface area contributed by atoms with E-state index in [4.69, 9.17) is 0 Å². The molecule has 3 atom stereocenters. The van der Waals surface area contributed by atoms with E-state index in [1.165, 1.54) is 37.0 Å². The van der Waals surface area contributed by atoms with Crippen molar-refractivity contribution in [2.45, 2.75) is 69.5 Å². The highest BCUT2D eigenvalue weighted by Crippen LogP contribution is 2.35. The molecular formula is C14H26N2S. The van der Waals surface area contributed by atoms with Gasteiger partial charge in [0, 0.05) is 23.1 Å². The molecule has 0 aromatic rings. The maximum atomic E-state index is 3.97. The standard InChI is InChI=1S/C14H26N2S/c1-10(2)7-5-6-8-12-13-11(9-17-12)15-14(3,4)16-13/h11-13,15-16H,1,5-9H2,2-4H3. The Balaban J connectivity index is 1.74. The van der Waals surface area contributed by atoms with Crippen LogP contribution >= 0.6 is 11.8 Å². The third-order valence-corrected chi connectivity index (χ3v) is 5.25. The Labute approximate surface area is 110 Å². The molecule has 0 spiro atoms. The molecule has 0 aromatic heterocycles. The number of allylic oxidation sites excluding steroid dienone is 1. The third-order valence-electron chi connectivity index (χ3n) is 3.74. The summed E-state index contributed by atoms with van der Waals surface area (Å²) in [6.07, 6.45) is 5.20. The van der Waals surface area contributed by atoms with Crippen molar-refractivity contribution < 1.29 is 0 Å². The lowest BCUT2D eigenvalue weighted by molar-refractivity contribution is 0.383. The summed E-state index contributed by atoms with van der Waals surface area (Å²) in [5.74, 6) is 1.27. The first-order chi connectivity index (χ1) is 7.98. The SMILES string of the molecule is C=C(C)CCCCC1SCC2NC(C)(C)NC21. The lowest BCUT2D eigenvalue weighted by Gasteiger charge is -2.23. The van der Waals surface area contributed by atoms with Crippen LogP contribution in [0.25, 0.3) is 0 Å². The molecule has 2 fully saturated rings. The molecule has 2 saturated heterocycles. The predicted molar refractivity (Wildman–Crippen MR) is 77.5 cm³/mol. The van der Waals surface area contributed by atoms with Crippen molar-refractivity contribution in [2.75, 3.05) is 5.75 Å². The van der Waals surface area contributed by atoms with Crippen molar-refractivity contribution in [1.82, 2.24) is 10.6 Å². The van der Waals surface area contributed by atoms with Crippen molar-refractivity contribution in [3.8, 4) is 0 Å². The molecule has 2 heterocycles. The van der Waals surface area contributed by atoms with E-state index in [2.05, 4.69) is 49.7 Å². The zero-order valence-electron chi connectivity index (χ0n) is 11.4. The third kappa shape index (κ3) is 3.49. The number of nitrogens with one attached hydrogen (secondary N) is 2. The minimum atomic E-state index is 0.131. The highest BCUT2D eigenvalue weighted by molar-refractivity contribution is 8.00. The fraction of sp³-hybridized carbons (Fsp3) is 0.857. The highest BCUT2D eigenvalue weighted by Gasteiger charge is 2.45. The summed E-state index contributed by atoms with van der Waals surface area (Å²) >= 11 is 2.15. The Morgan fingerprint density at radius 2 is 2.12 bits per heavy atom. The van der Waals surface area contributed by atoms with Gasteiger partial charge in [-0.15, -0.1) is 6.58 Å². The maximum Gasteiger partial charge on any atom is 0.0635 e. The first kappa shape index (κ1) is 13.4. The second kappa shape index (κ2) is 5.33. The van der Waals surface area contributed by atoms with Gasteiger partial charge in [0.15, 0.2) is 0 Å². The van der Waals surface area contributed by atoms with E-state index in [9.17, 15) is 0 Å². The van der Waals surface area contributed by atoms with Crippen molar-refractivity contribution in [2.24, 2.45) is 0 Å². The number of hydrogen-bond donors (Lipinski definition) is 2. The van der Waals surface area contributed by atoms with Crippen LogP contribution in [0.3, 0.4) is 0 Å². The monoisotopic (exact) mass is 254 g/mol. The van der Waals surface area contributed by atoms with E-state index in [-0.39, 0.29) is 5.66 Å². The lowest BCUT2D eigenvalue weighted by atomic mass is 10.0. The van der Waals surface area contributed by atoms with E-state index in [1.807, 2.05) is 0 Å². The van der Waals surface area contributed by atoms with Gasteiger partial charge in [0.05, 0.1) is 5.66 Å². The molecule has 2 N–H and O–H groups in total. The fourth-order valence-corrected chi connectivity index (χ4v) is 4.52. The van der Waals surface area contributed by atoms with Crippen molar-refractivity contribution >= 4 is 11.8 Å². The van der Waals surface area contributed by atoms with Gasteiger partial charge in [0.1, 0.15) is 0 Å². The van der Waals surface area contributed by atoms with E-state index in [0.29, 0.717) is 12.1 Å². The molecule has 2 nitrogen and oxygen atoms in total. The van der Waals surface area contributed by atoms with Gasteiger partial charge in [0.25, 0.3) is 0 Å². The first-order valence-corrected chi connectivity index (χ1v) is 7.84. The van der Waals surface area contributed by atoms with Gasteiger partial charge < -0.3 is 0 Å². The maximum absolute atomic E-state index is 3.97. The molecule has 0 radical (unpaired) electrons. The number of thioether (sulfide) groups is 1. The number of fused-ring (bicyclic) bond motifs is 1. The van der Waals surface area contributed by atoms with Crippen molar-refractivity contribution in [1.29, 1.82) is 0 Å². The van der Waals surface area contributed by atoms with Gasteiger partial charge in [0.2, 0.25) is 0 Å². The highest BCUT2D eigenvalue weighted by atomic mass is 32.2. The predicted octanol–water partition coefficient (Wildman–Crippen LogP) is 2.90. The van der Waals surface area contributed by atoms with Crippen LogP contribution in [-0.4, -0.2) is 28.7 Å². The first-order valence-electron chi connectivity index (χ1n) is 6.79. The summed E-state index contributed by atoms with van der Waals surface area (Å²) in [5.41, 5.74) is 1.45. The normalized spacial score (nSPS) is 34.9. The second-order valence-corrected chi connectivity index (χ2v) is 7.39. The Bertz CT molecular complexity index is 288. The van der Waals surface area contributed by atoms with Crippen LogP contribution < -0.4 is 10.6 Å². The van der Waals surface area contributed by atoms with Crippen LogP contribution in [0.1, 0.15) is 46.5 Å². The fourth-order valence-electron chi connectivity index (χ4n) is 2.98. The lowest BCUT2D eigenvalue weighted by Crippen LogP contribution is -2.46. The molecule has 0 aromatic carbocycles. The summed E-state index contributed by atoms with van der Waals surface area (Å²) in [5, 5.41) is 8.23. The molecule has 2 aliphatic rings. The Hall–Kier alpha value is 0.01000. The van der Waals surface area contributed by atoms with E-state index in [0.717, 1.165) is 5.25 Å². The zero-order valence-corrected chi connectivity index (χ0v) is 12.2. The number of hydrogen-bond acceptors (Lipinski definition) is 3. The van der Waals surface area contributed by atoms with Gasteiger partial charge in [-0.2, -0.15) is 11.8 Å². The van der Waals surface area contributed by atoms with Crippen molar-refractivity contribution in [3.05, 3.63) is 12.2 Å². The van der Waals surface area contributed by atoms with Crippen LogP contribution in [0.4, 0.5) is 0 Å². The molecule has 0 aliphatic carbocycles. The molecule has 2 aliphatic heterocycles. The summed E-state index contributed by atoms with van der Waals surface area (Å²) < 4.78 is 0. The summed E-state index contributed by atoms with van der Waals surface area (Å²) in [7, 11) is 0. The van der Waals surface area contributed by atoms with E-state index >= 15 is 0 Å². The zero-order chi connectivity index (χ0) is 12.5. The average Bonchev–Trinajstić information content (AvgIpc) is 2.68. The minimum Gasteiger partial charge on any atom is -0.295 e. The van der Waals surface area contributed by atoms with Crippen LogP contribution in [0.2, 0.25) is 0 Å². The Morgan fingerprint density at radius 3 is 2.82 bits per heavy atom. The molecule has 0 amide bonds. The molecule has 0 saturated carbocycles. The largest absolute Gasteiger partial charge is 0.295 e. The Kier molecular flexibility index (Phi) is 4.22. The van der Waals surface area contributed by atoms with Crippen molar-refractivity contribution in [3.63, 3.8) is 0 Å². The summed E-state index contributed by atoms with van der Waals surface area (Å²) in [4.78, 5) is 0. The second-order valence-electron chi connectivity index (χ2n) is 6.12. The summed E-state index contributed by atoms with van der Waals surface area (Å²) in [6, 6.07) is 1.36. The molecule has 17 heavy (non-hydrogen) atoms. The van der Waals surface area contributed by atoms with Gasteiger partial charge in [-0.3, -0.25) is 10.6 Å². The molecule has 3 unspecified atom stereocenters. The van der Waals surface area contributed by atoms with Gasteiger partial charge in [-0.1, -0.05) is 12.0 Å². The molecule has 0 bridgehead atoms. The molecule has 98 valence electrons. The molecular weight excluding hydrogens is 228 g/mol. The molecule has 2 rings (SSSR count). The topological polar surface area (TPSA) is 24.1 Å². The van der Waals surface area contributed by atoms with E-state index < -0.39 is 0 Å². The van der Waals surface area contributed by atoms with Gasteiger partial charge in [-0.25, -0.2) is 0 Å². The van der Waals surface area contributed by atoms with Crippen LogP contribution in [0.5, 0.6) is 0 Å². The number of unbranched alkanes of at least 4 members (excludes halogenated alkanes) is 1. The minimum absolute atomic E-state index is 0.131. The van der Waals surface area contributed by atoms with Crippen LogP contribution in [0, 0.1) is 0 Å². The van der Waals surface area contributed by atoms with Crippen LogP contribution in [0.15, 0.2) is 12.2 Å². The van der Waals surface area contributed by atoms with Gasteiger partial charge >= 0.3 is 0 Å². The quantitative estimate of drug-likeness (QED) is 0.583. The number of rotatable bonds is 5. The summed E-state index contributed by atoms with van der Waals surface area (Å²) in [6.45, 7) is 10.6. The van der Waals surface area contributed by atoms with Crippen LogP contribution in [-0.2, 0) is 0 Å². The smallest absolute Gasteiger partial charge is 0.0635 e. The van der Waals surface area contributed by atoms with Gasteiger partial charge in [-0.05, 0) is 40.0 Å². The average molecular weight is 254 g/mol.